The Morgan fingerprint density at radius 3 is 2.49 bits per heavy atom. The Labute approximate surface area is 270 Å². The minimum atomic E-state index is -4.15. The molecule has 2 atom stereocenters. The molecule has 4 aromatic heterocycles. The number of nitrogens with zero attached hydrogens (tertiary/aromatic N) is 5. The summed E-state index contributed by atoms with van der Waals surface area (Å²) in [5, 5.41) is 11.2. The van der Waals surface area contributed by atoms with Gasteiger partial charge in [-0.25, -0.2) is 31.3 Å². The fraction of sp³-hybridized carbons (Fsp3) is 0.364. The number of ether oxygens (including phenoxy) is 1. The van der Waals surface area contributed by atoms with Gasteiger partial charge in [0.15, 0.2) is 17.3 Å². The smallest absolute Gasteiger partial charge is 0.311 e. The maximum absolute atomic E-state index is 14.7. The number of fused-ring (bicyclic) bond motifs is 5. The van der Waals surface area contributed by atoms with E-state index >= 15 is 0 Å². The number of anilines is 2. The second-order valence-electron chi connectivity index (χ2n) is 12.3. The van der Waals surface area contributed by atoms with Gasteiger partial charge in [-0.15, -0.1) is 5.10 Å². The standard InChI is InChI=1S/C33H34FN7O5S/c1-4-46-33(43)28-20-7-9-21(10-8-20)29(28)37-31-26-13-14-27(36-19(3)42)41(26)39-30(38-31)25-17-40(32-24(25)15-22(34)16-35-32)47(44,45)23-11-5-18(2)6-12-23/h5-6,11-17,20-21,28-29H,4,7-10H2,1-3H3,(H,36,42)(H,37,38,39)/t20?,21?,28-,29-/m1/s1. The SMILES string of the molecule is CCOC(=O)[C@@H]1C2CCC(CC2)[C@H]1Nc1nc(-c2cn(S(=O)(=O)c3ccc(C)cc3)c3ncc(F)cc23)nn2c(NC(C)=O)ccc12. The number of nitrogens with one attached hydrogen (secondary N) is 2. The van der Waals surface area contributed by atoms with Gasteiger partial charge in [0.2, 0.25) is 5.91 Å². The molecule has 0 saturated heterocycles. The molecule has 8 rings (SSSR count). The van der Waals surface area contributed by atoms with E-state index in [-0.39, 0.29) is 69.6 Å². The average molecular weight is 660 g/mol. The van der Waals surface area contributed by atoms with Crippen molar-refractivity contribution in [1.82, 2.24) is 23.6 Å². The molecule has 0 radical (unpaired) electrons. The number of hydrogen-bond acceptors (Lipinski definition) is 9. The summed E-state index contributed by atoms with van der Waals surface area (Å²) >= 11 is 0. The minimum Gasteiger partial charge on any atom is -0.466 e. The van der Waals surface area contributed by atoms with E-state index in [2.05, 4.69) is 15.6 Å². The summed E-state index contributed by atoms with van der Waals surface area (Å²) in [6.45, 7) is 5.30. The number of carbonyl (C=O) groups is 2. The Morgan fingerprint density at radius 1 is 1.06 bits per heavy atom. The predicted octanol–water partition coefficient (Wildman–Crippen LogP) is 5.17. The van der Waals surface area contributed by atoms with Gasteiger partial charge in [0, 0.05) is 30.1 Å². The van der Waals surface area contributed by atoms with Crippen LogP contribution in [0, 0.1) is 30.5 Å². The van der Waals surface area contributed by atoms with Crippen LogP contribution in [-0.4, -0.2) is 56.5 Å². The van der Waals surface area contributed by atoms with Gasteiger partial charge < -0.3 is 15.4 Å². The quantitative estimate of drug-likeness (QED) is 0.215. The fourth-order valence-electron chi connectivity index (χ4n) is 7.12. The van der Waals surface area contributed by atoms with Crippen molar-refractivity contribution in [2.75, 3.05) is 17.2 Å². The van der Waals surface area contributed by atoms with Crippen molar-refractivity contribution in [2.24, 2.45) is 17.8 Å². The van der Waals surface area contributed by atoms with Crippen LogP contribution in [0.1, 0.15) is 45.1 Å². The molecule has 5 aromatic rings. The molecule has 4 heterocycles. The topological polar surface area (TPSA) is 150 Å². The highest BCUT2D eigenvalue weighted by molar-refractivity contribution is 7.90. The molecule has 3 aliphatic carbocycles. The van der Waals surface area contributed by atoms with Crippen molar-refractivity contribution in [3.8, 4) is 11.4 Å². The van der Waals surface area contributed by atoms with Crippen LogP contribution in [0.25, 0.3) is 27.9 Å². The molecule has 47 heavy (non-hydrogen) atoms. The second kappa shape index (κ2) is 11.7. The van der Waals surface area contributed by atoms with E-state index in [0.29, 0.717) is 17.2 Å². The maximum atomic E-state index is 14.7. The summed E-state index contributed by atoms with van der Waals surface area (Å²) in [7, 11) is -4.15. The van der Waals surface area contributed by atoms with Gasteiger partial charge in [0.1, 0.15) is 17.2 Å². The summed E-state index contributed by atoms with van der Waals surface area (Å²) in [6, 6.07) is 10.8. The van der Waals surface area contributed by atoms with E-state index in [9.17, 15) is 22.4 Å². The zero-order chi connectivity index (χ0) is 33.0. The Kier molecular flexibility index (Phi) is 7.69. The summed E-state index contributed by atoms with van der Waals surface area (Å²) < 4.78 is 50.4. The van der Waals surface area contributed by atoms with Crippen molar-refractivity contribution in [1.29, 1.82) is 0 Å². The third-order valence-corrected chi connectivity index (χ3v) is 11.0. The molecule has 0 unspecified atom stereocenters. The van der Waals surface area contributed by atoms with E-state index < -0.39 is 15.8 Å². The largest absolute Gasteiger partial charge is 0.466 e. The number of hydrogen-bond donors (Lipinski definition) is 2. The molecule has 14 heteroatoms. The highest BCUT2D eigenvalue weighted by atomic mass is 32.2. The van der Waals surface area contributed by atoms with Crippen molar-refractivity contribution in [2.45, 2.75) is 57.4 Å². The summed E-state index contributed by atoms with van der Waals surface area (Å²) in [4.78, 5) is 34.4. The van der Waals surface area contributed by atoms with E-state index in [4.69, 9.17) is 14.8 Å². The number of benzene rings is 1. The summed E-state index contributed by atoms with van der Waals surface area (Å²) in [6.07, 6.45) is 6.10. The Hall–Kier alpha value is -4.85. The monoisotopic (exact) mass is 659 g/mol. The Balaban J connectivity index is 1.41. The molecule has 12 nitrogen and oxygen atoms in total. The molecular formula is C33H34FN7O5S. The van der Waals surface area contributed by atoms with Gasteiger partial charge in [-0.2, -0.15) is 0 Å². The lowest BCUT2D eigenvalue weighted by Gasteiger charge is -2.47. The van der Waals surface area contributed by atoms with Crippen molar-refractivity contribution in [3.63, 3.8) is 0 Å². The minimum absolute atomic E-state index is 0.00161. The van der Waals surface area contributed by atoms with Crippen molar-refractivity contribution >= 4 is 50.1 Å². The van der Waals surface area contributed by atoms with E-state index in [1.54, 1.807) is 31.2 Å². The molecule has 244 valence electrons. The molecule has 2 N–H and O–H groups in total. The lowest BCUT2D eigenvalue weighted by molar-refractivity contribution is -0.154. The van der Waals surface area contributed by atoms with Gasteiger partial charge in [-0.3, -0.25) is 9.59 Å². The fourth-order valence-corrected chi connectivity index (χ4v) is 8.45. The number of amides is 1. The molecule has 1 aromatic carbocycles. The first kappa shape index (κ1) is 30.8. The summed E-state index contributed by atoms with van der Waals surface area (Å²) in [5.74, 6) is -0.427. The Bertz CT molecular complexity index is 2140. The Morgan fingerprint density at radius 2 is 1.79 bits per heavy atom. The van der Waals surface area contributed by atoms with Crippen LogP contribution in [-0.2, 0) is 24.3 Å². The van der Waals surface area contributed by atoms with Gasteiger partial charge in [0.05, 0.1) is 23.6 Å². The molecule has 2 bridgehead atoms. The van der Waals surface area contributed by atoms with Crippen LogP contribution < -0.4 is 10.6 Å². The lowest BCUT2D eigenvalue weighted by Crippen LogP contribution is -2.52. The van der Waals surface area contributed by atoms with Crippen molar-refractivity contribution in [3.05, 3.63) is 66.2 Å². The molecule has 1 amide bonds. The van der Waals surface area contributed by atoms with Crippen LogP contribution in [0.5, 0.6) is 0 Å². The summed E-state index contributed by atoms with van der Waals surface area (Å²) in [5.41, 5.74) is 1.63. The average Bonchev–Trinajstić information content (AvgIpc) is 3.63. The number of esters is 1. The van der Waals surface area contributed by atoms with E-state index in [1.165, 1.54) is 35.8 Å². The van der Waals surface area contributed by atoms with Crippen LogP contribution in [0.4, 0.5) is 16.0 Å². The van der Waals surface area contributed by atoms with Crippen LogP contribution >= 0.6 is 0 Å². The number of halogens is 1. The zero-order valence-corrected chi connectivity index (χ0v) is 26.9. The highest BCUT2D eigenvalue weighted by Crippen LogP contribution is 2.47. The first-order chi connectivity index (χ1) is 22.5. The second-order valence-corrected chi connectivity index (χ2v) is 14.1. The van der Waals surface area contributed by atoms with Crippen LogP contribution in [0.2, 0.25) is 0 Å². The highest BCUT2D eigenvalue weighted by Gasteiger charge is 2.48. The molecule has 3 aliphatic rings. The zero-order valence-electron chi connectivity index (χ0n) is 26.1. The molecule has 0 spiro atoms. The van der Waals surface area contributed by atoms with Gasteiger partial charge >= 0.3 is 5.97 Å². The van der Waals surface area contributed by atoms with E-state index in [1.807, 2.05) is 6.92 Å². The van der Waals surface area contributed by atoms with Crippen molar-refractivity contribution < 1.29 is 27.1 Å². The molecular weight excluding hydrogens is 625 g/mol. The predicted molar refractivity (Wildman–Crippen MR) is 173 cm³/mol. The number of carbonyl (C=O) groups excluding carboxylic acids is 2. The van der Waals surface area contributed by atoms with Gasteiger partial charge in [-0.05, 0) is 81.7 Å². The normalized spacial score (nSPS) is 20.9. The number of aryl methyl sites for hydroxylation is 1. The third-order valence-electron chi connectivity index (χ3n) is 9.29. The van der Waals surface area contributed by atoms with Gasteiger partial charge in [0.25, 0.3) is 10.0 Å². The maximum Gasteiger partial charge on any atom is 0.311 e. The third kappa shape index (κ3) is 5.39. The number of rotatable bonds is 8. The molecule has 0 aliphatic heterocycles. The van der Waals surface area contributed by atoms with Gasteiger partial charge in [-0.1, -0.05) is 17.7 Å². The molecule has 3 fully saturated rings. The van der Waals surface area contributed by atoms with E-state index in [0.717, 1.165) is 41.4 Å². The van der Waals surface area contributed by atoms with Crippen LogP contribution in [0.3, 0.4) is 0 Å². The number of aromatic nitrogens is 5. The van der Waals surface area contributed by atoms with Crippen LogP contribution in [0.15, 0.2) is 59.8 Å². The first-order valence-electron chi connectivity index (χ1n) is 15.6. The first-order valence-corrected chi connectivity index (χ1v) is 17.1. The lowest BCUT2D eigenvalue weighted by atomic mass is 9.61. The number of pyridine rings is 1. The molecule has 3 saturated carbocycles.